The Bertz CT molecular complexity index is 765. The molecule has 1 aromatic heterocycles. The fourth-order valence-electron chi connectivity index (χ4n) is 3.20. The highest BCUT2D eigenvalue weighted by atomic mass is 16.5. The van der Waals surface area contributed by atoms with Gasteiger partial charge in [-0.25, -0.2) is 5.84 Å². The number of nitrogens with two attached hydrogens (primary N) is 2. The molecule has 0 unspecified atom stereocenters. The fraction of sp³-hybridized carbons (Fsp3) is 0.368. The third-order valence-corrected chi connectivity index (χ3v) is 4.75. The van der Waals surface area contributed by atoms with Crippen molar-refractivity contribution in [3.8, 4) is 11.3 Å². The molecule has 7 heteroatoms. The monoisotopic (exact) mass is 355 g/mol. The van der Waals surface area contributed by atoms with Gasteiger partial charge in [-0.15, -0.1) is 0 Å². The molecule has 2 aromatic rings. The van der Waals surface area contributed by atoms with Gasteiger partial charge in [0.25, 0.3) is 5.91 Å². The first kappa shape index (κ1) is 18.0. The zero-order valence-electron chi connectivity index (χ0n) is 14.9. The van der Waals surface area contributed by atoms with Crippen LogP contribution in [0.1, 0.15) is 36.7 Å². The molecule has 0 spiro atoms. The first-order valence-electron chi connectivity index (χ1n) is 8.86. The number of nitrogens with one attached hydrogen (secondary N) is 1. The first-order chi connectivity index (χ1) is 12.6. The lowest BCUT2D eigenvalue weighted by Gasteiger charge is -2.38. The number of hydrazine groups is 1. The van der Waals surface area contributed by atoms with E-state index in [2.05, 4.69) is 10.5 Å². The summed E-state index contributed by atoms with van der Waals surface area (Å²) in [5.41, 5.74) is 8.06. The van der Waals surface area contributed by atoms with Crippen molar-refractivity contribution in [1.29, 1.82) is 0 Å². The number of carbonyl (C=O) groups excluding carboxylic acids is 1. The van der Waals surface area contributed by atoms with Crippen LogP contribution in [0.5, 0.6) is 0 Å². The second kappa shape index (κ2) is 8.05. The Morgan fingerprint density at radius 2 is 2.12 bits per heavy atom. The molecular weight excluding hydrogens is 330 g/mol. The summed E-state index contributed by atoms with van der Waals surface area (Å²) in [6.07, 6.45) is 4.13. The molecule has 7 nitrogen and oxygen atoms in total. The normalized spacial score (nSPS) is 19.7. The predicted molar refractivity (Wildman–Crippen MR) is 99.4 cm³/mol. The predicted octanol–water partition coefficient (Wildman–Crippen LogP) is 2.24. The van der Waals surface area contributed by atoms with Gasteiger partial charge in [0, 0.05) is 36.1 Å². The van der Waals surface area contributed by atoms with Gasteiger partial charge in [0.1, 0.15) is 5.69 Å². The van der Waals surface area contributed by atoms with Crippen LogP contribution in [0, 0.1) is 5.92 Å². The number of carbonyl (C=O) groups is 1. The maximum absolute atomic E-state index is 12.3. The second-order valence-corrected chi connectivity index (χ2v) is 6.61. The second-order valence-electron chi connectivity index (χ2n) is 6.61. The minimum atomic E-state index is -0.233. The van der Waals surface area contributed by atoms with Crippen LogP contribution in [-0.4, -0.2) is 28.7 Å². The Morgan fingerprint density at radius 1 is 1.38 bits per heavy atom. The van der Waals surface area contributed by atoms with Crippen molar-refractivity contribution in [3.05, 3.63) is 54.1 Å². The van der Waals surface area contributed by atoms with Crippen LogP contribution in [-0.2, 0) is 0 Å². The number of benzene rings is 1. The van der Waals surface area contributed by atoms with E-state index in [4.69, 9.17) is 16.1 Å². The Morgan fingerprint density at radius 3 is 2.77 bits per heavy atom. The minimum Gasteiger partial charge on any atom is -0.403 e. The van der Waals surface area contributed by atoms with Crippen molar-refractivity contribution < 1.29 is 9.32 Å². The third-order valence-electron chi connectivity index (χ3n) is 4.75. The average molecular weight is 355 g/mol. The fourth-order valence-corrected chi connectivity index (χ4v) is 3.20. The molecule has 1 heterocycles. The van der Waals surface area contributed by atoms with E-state index in [0.29, 0.717) is 11.6 Å². The summed E-state index contributed by atoms with van der Waals surface area (Å²) in [5.74, 6) is 6.46. The SMILES string of the molecule is CC/C(=C/N)N(N)C[C@H]1C[C@@H](NC(=O)c2cc(-c3ccccc3)no2)C1. The van der Waals surface area contributed by atoms with Crippen LogP contribution >= 0.6 is 0 Å². The summed E-state index contributed by atoms with van der Waals surface area (Å²) < 4.78 is 5.19. The summed E-state index contributed by atoms with van der Waals surface area (Å²) in [5, 5.41) is 8.66. The highest BCUT2D eigenvalue weighted by molar-refractivity contribution is 5.92. The molecule has 1 aliphatic rings. The molecule has 138 valence electrons. The number of hydrogen-bond acceptors (Lipinski definition) is 6. The lowest BCUT2D eigenvalue weighted by Crippen LogP contribution is -2.48. The lowest BCUT2D eigenvalue weighted by atomic mass is 9.80. The minimum absolute atomic E-state index is 0.137. The van der Waals surface area contributed by atoms with Gasteiger partial charge in [-0.05, 0) is 25.2 Å². The molecule has 0 aliphatic heterocycles. The van der Waals surface area contributed by atoms with Crippen molar-refractivity contribution in [2.24, 2.45) is 17.5 Å². The van der Waals surface area contributed by atoms with Crippen LogP contribution in [0.25, 0.3) is 11.3 Å². The molecule has 1 saturated carbocycles. The molecular formula is C19H25N5O2. The molecule has 0 radical (unpaired) electrons. The number of aromatic nitrogens is 1. The molecule has 0 atom stereocenters. The van der Waals surface area contributed by atoms with Gasteiger partial charge in [0.2, 0.25) is 5.76 Å². The molecule has 3 rings (SSSR count). The molecule has 1 amide bonds. The summed E-state index contributed by atoms with van der Waals surface area (Å²) in [4.78, 5) is 12.3. The van der Waals surface area contributed by atoms with Crippen molar-refractivity contribution in [1.82, 2.24) is 15.5 Å². The van der Waals surface area contributed by atoms with E-state index >= 15 is 0 Å². The van der Waals surface area contributed by atoms with Gasteiger partial charge in [0.15, 0.2) is 0 Å². The van der Waals surface area contributed by atoms with Crippen LogP contribution in [0.2, 0.25) is 0 Å². The summed E-state index contributed by atoms with van der Waals surface area (Å²) in [7, 11) is 0. The maximum atomic E-state index is 12.3. The van der Waals surface area contributed by atoms with Crippen LogP contribution in [0.3, 0.4) is 0 Å². The van der Waals surface area contributed by atoms with E-state index in [-0.39, 0.29) is 17.7 Å². The molecule has 0 saturated heterocycles. The summed E-state index contributed by atoms with van der Waals surface area (Å²) in [6.45, 7) is 2.76. The zero-order chi connectivity index (χ0) is 18.5. The van der Waals surface area contributed by atoms with Gasteiger partial charge < -0.3 is 20.6 Å². The van der Waals surface area contributed by atoms with Gasteiger partial charge in [-0.3, -0.25) is 4.79 Å². The Labute approximate surface area is 153 Å². The number of rotatable bonds is 7. The van der Waals surface area contributed by atoms with Crippen LogP contribution in [0.4, 0.5) is 0 Å². The standard InChI is InChI=1S/C19H25N5O2/c1-2-16(11-20)24(21)12-13-8-15(9-13)22-19(25)18-10-17(23-26-18)14-6-4-3-5-7-14/h3-7,10-11,13,15H,2,8-9,12,20-21H2,1H3,(H,22,25)/b16-11-/t13-,15+. The topological polar surface area (TPSA) is 110 Å². The highest BCUT2D eigenvalue weighted by Gasteiger charge is 2.32. The smallest absolute Gasteiger partial charge is 0.290 e. The molecule has 1 aliphatic carbocycles. The average Bonchev–Trinajstić information content (AvgIpc) is 3.12. The van der Waals surface area contributed by atoms with Crippen molar-refractivity contribution >= 4 is 5.91 Å². The number of amides is 1. The summed E-state index contributed by atoms with van der Waals surface area (Å²) in [6, 6.07) is 11.4. The Balaban J connectivity index is 1.48. The van der Waals surface area contributed by atoms with E-state index in [1.807, 2.05) is 37.3 Å². The van der Waals surface area contributed by atoms with Crippen LogP contribution in [0.15, 0.2) is 52.8 Å². The van der Waals surface area contributed by atoms with Crippen molar-refractivity contribution in [2.45, 2.75) is 32.2 Å². The van der Waals surface area contributed by atoms with Crippen molar-refractivity contribution in [3.63, 3.8) is 0 Å². The number of allylic oxidation sites excluding steroid dienone is 1. The van der Waals surface area contributed by atoms with E-state index in [1.165, 1.54) is 0 Å². The molecule has 1 fully saturated rings. The van der Waals surface area contributed by atoms with Crippen molar-refractivity contribution in [2.75, 3.05) is 6.54 Å². The summed E-state index contributed by atoms with van der Waals surface area (Å²) >= 11 is 0. The lowest BCUT2D eigenvalue weighted by molar-refractivity contribution is 0.0833. The number of hydrogen-bond donors (Lipinski definition) is 3. The van der Waals surface area contributed by atoms with Gasteiger partial charge in [-0.1, -0.05) is 42.4 Å². The van der Waals surface area contributed by atoms with E-state index in [1.54, 1.807) is 17.3 Å². The van der Waals surface area contributed by atoms with E-state index in [0.717, 1.165) is 37.1 Å². The number of nitrogens with zero attached hydrogens (tertiary/aromatic N) is 2. The third kappa shape index (κ3) is 4.05. The van der Waals surface area contributed by atoms with E-state index < -0.39 is 0 Å². The van der Waals surface area contributed by atoms with Crippen LogP contribution < -0.4 is 16.9 Å². The molecule has 0 bridgehead atoms. The van der Waals surface area contributed by atoms with E-state index in [9.17, 15) is 4.79 Å². The quantitative estimate of drug-likeness (QED) is 0.519. The highest BCUT2D eigenvalue weighted by Crippen LogP contribution is 2.29. The van der Waals surface area contributed by atoms with Gasteiger partial charge >= 0.3 is 0 Å². The molecule has 26 heavy (non-hydrogen) atoms. The Kier molecular flexibility index (Phi) is 5.58. The first-order valence-corrected chi connectivity index (χ1v) is 8.86. The largest absolute Gasteiger partial charge is 0.403 e. The molecule has 1 aromatic carbocycles. The van der Waals surface area contributed by atoms with Gasteiger partial charge in [-0.2, -0.15) is 0 Å². The molecule has 5 N–H and O–H groups in total. The Hall–Kier alpha value is -2.80. The van der Waals surface area contributed by atoms with Gasteiger partial charge in [0.05, 0.1) is 0 Å². The maximum Gasteiger partial charge on any atom is 0.290 e. The zero-order valence-corrected chi connectivity index (χ0v) is 14.9.